The molecule has 0 aromatic heterocycles. The monoisotopic (exact) mass is 363 g/mol. The van der Waals surface area contributed by atoms with Crippen LogP contribution in [0.3, 0.4) is 0 Å². The number of piperidine rings is 1. The molecule has 0 spiro atoms. The van der Waals surface area contributed by atoms with Crippen molar-refractivity contribution < 1.29 is 9.47 Å². The third kappa shape index (κ3) is 5.13. The molecule has 1 unspecified atom stereocenters. The van der Waals surface area contributed by atoms with Gasteiger partial charge in [-0.1, -0.05) is 0 Å². The number of hydrogen-bond donors (Lipinski definition) is 1. The molecule has 0 aromatic rings. The molecule has 148 valence electrons. The smallest absolute Gasteiger partial charge is 0.193 e. The summed E-state index contributed by atoms with van der Waals surface area (Å²) in [5.41, 5.74) is 0. The number of nitrogens with one attached hydrogen (secondary N) is 1. The Morgan fingerprint density at radius 3 is 2.42 bits per heavy atom. The summed E-state index contributed by atoms with van der Waals surface area (Å²) < 4.78 is 11.8. The molecule has 0 radical (unpaired) electrons. The number of guanidine groups is 1. The standard InChI is InChI=1S/C21H37N3O2/c1-2-22-21(23-14-20(16-5-6-16)17-7-8-17)24-11-9-18(10-12-24)26-15-19-4-3-13-25-19/h16-20H,2-15H2,1H3,(H,22,23). The van der Waals surface area contributed by atoms with Gasteiger partial charge in [0.1, 0.15) is 0 Å². The van der Waals surface area contributed by atoms with Gasteiger partial charge in [-0.2, -0.15) is 0 Å². The molecule has 2 aliphatic heterocycles. The Kier molecular flexibility index (Phi) is 6.36. The van der Waals surface area contributed by atoms with E-state index >= 15 is 0 Å². The lowest BCUT2D eigenvalue weighted by Crippen LogP contribution is -2.47. The van der Waals surface area contributed by atoms with Crippen molar-refractivity contribution in [3.05, 3.63) is 0 Å². The van der Waals surface area contributed by atoms with E-state index in [1.807, 2.05) is 0 Å². The fourth-order valence-corrected chi connectivity index (χ4v) is 4.60. The molecule has 0 bridgehead atoms. The average Bonchev–Trinajstić information content (AvgIpc) is 3.60. The van der Waals surface area contributed by atoms with Gasteiger partial charge in [0.2, 0.25) is 0 Å². The summed E-state index contributed by atoms with van der Waals surface area (Å²) >= 11 is 0. The molecule has 2 heterocycles. The number of hydrogen-bond acceptors (Lipinski definition) is 3. The zero-order valence-corrected chi connectivity index (χ0v) is 16.5. The molecule has 0 aromatic carbocycles. The second-order valence-corrected chi connectivity index (χ2v) is 8.69. The molecular weight excluding hydrogens is 326 g/mol. The fraction of sp³-hybridized carbons (Fsp3) is 0.952. The lowest BCUT2D eigenvalue weighted by molar-refractivity contribution is -0.0367. The first-order valence-corrected chi connectivity index (χ1v) is 11.1. The van der Waals surface area contributed by atoms with Gasteiger partial charge in [-0.15, -0.1) is 0 Å². The molecule has 2 saturated carbocycles. The highest BCUT2D eigenvalue weighted by Gasteiger charge is 2.41. The van der Waals surface area contributed by atoms with Gasteiger partial charge in [0.25, 0.3) is 0 Å². The highest BCUT2D eigenvalue weighted by molar-refractivity contribution is 5.80. The minimum Gasteiger partial charge on any atom is -0.376 e. The van der Waals surface area contributed by atoms with Gasteiger partial charge in [0.05, 0.1) is 18.8 Å². The van der Waals surface area contributed by atoms with Crippen molar-refractivity contribution in [2.45, 2.75) is 70.5 Å². The third-order valence-electron chi connectivity index (χ3n) is 6.53. The van der Waals surface area contributed by atoms with Gasteiger partial charge >= 0.3 is 0 Å². The highest BCUT2D eigenvalue weighted by atomic mass is 16.5. The van der Waals surface area contributed by atoms with Crippen LogP contribution in [0.25, 0.3) is 0 Å². The predicted molar refractivity (Wildman–Crippen MR) is 104 cm³/mol. The van der Waals surface area contributed by atoms with E-state index in [0.29, 0.717) is 12.2 Å². The van der Waals surface area contributed by atoms with Crippen molar-refractivity contribution in [3.63, 3.8) is 0 Å². The lowest BCUT2D eigenvalue weighted by atomic mass is 9.98. The SMILES string of the molecule is CCNC(=NCC(C1CC1)C1CC1)N1CCC(OCC2CCCO2)CC1. The quantitative estimate of drug-likeness (QED) is 0.532. The molecule has 5 nitrogen and oxygen atoms in total. The van der Waals surface area contributed by atoms with Crippen molar-refractivity contribution in [2.24, 2.45) is 22.7 Å². The van der Waals surface area contributed by atoms with Crippen LogP contribution in [0.1, 0.15) is 58.3 Å². The van der Waals surface area contributed by atoms with Crippen LogP contribution in [0.5, 0.6) is 0 Å². The van der Waals surface area contributed by atoms with Crippen LogP contribution < -0.4 is 5.32 Å². The van der Waals surface area contributed by atoms with Gasteiger partial charge < -0.3 is 19.7 Å². The van der Waals surface area contributed by atoms with Gasteiger partial charge in [0, 0.05) is 32.8 Å². The van der Waals surface area contributed by atoms with Crippen LogP contribution in [0, 0.1) is 17.8 Å². The van der Waals surface area contributed by atoms with Crippen LogP contribution in [0.4, 0.5) is 0 Å². The highest BCUT2D eigenvalue weighted by Crippen LogP contribution is 2.49. The zero-order valence-electron chi connectivity index (χ0n) is 16.5. The maximum absolute atomic E-state index is 6.12. The molecule has 26 heavy (non-hydrogen) atoms. The average molecular weight is 364 g/mol. The van der Waals surface area contributed by atoms with Crippen LogP contribution in [0.2, 0.25) is 0 Å². The van der Waals surface area contributed by atoms with Crippen LogP contribution in [0.15, 0.2) is 4.99 Å². The summed E-state index contributed by atoms with van der Waals surface area (Å²) in [5.74, 6) is 3.95. The molecule has 4 aliphatic rings. The van der Waals surface area contributed by atoms with Crippen molar-refractivity contribution in [2.75, 3.05) is 39.4 Å². The van der Waals surface area contributed by atoms with Crippen molar-refractivity contribution in [3.8, 4) is 0 Å². The Morgan fingerprint density at radius 1 is 1.12 bits per heavy atom. The number of nitrogens with zero attached hydrogens (tertiary/aromatic N) is 2. The van der Waals surface area contributed by atoms with Crippen molar-refractivity contribution >= 4 is 5.96 Å². The normalized spacial score (nSPS) is 28.2. The summed E-state index contributed by atoms with van der Waals surface area (Å²) in [5, 5.41) is 3.53. The first-order chi connectivity index (χ1) is 12.8. The topological polar surface area (TPSA) is 46.1 Å². The number of rotatable bonds is 8. The summed E-state index contributed by atoms with van der Waals surface area (Å²) in [6, 6.07) is 0. The predicted octanol–water partition coefficient (Wildman–Crippen LogP) is 3.05. The molecule has 0 amide bonds. The van der Waals surface area contributed by atoms with Gasteiger partial charge in [-0.25, -0.2) is 0 Å². The second-order valence-electron chi connectivity index (χ2n) is 8.69. The summed E-state index contributed by atoms with van der Waals surface area (Å²) in [6.45, 7) is 7.96. The molecular formula is C21H37N3O2. The van der Waals surface area contributed by atoms with Crippen LogP contribution in [-0.2, 0) is 9.47 Å². The molecule has 2 saturated heterocycles. The van der Waals surface area contributed by atoms with Crippen molar-refractivity contribution in [1.29, 1.82) is 0 Å². The minimum atomic E-state index is 0.341. The fourth-order valence-electron chi connectivity index (χ4n) is 4.60. The largest absolute Gasteiger partial charge is 0.376 e. The number of ether oxygens (including phenoxy) is 2. The first kappa shape index (κ1) is 18.5. The maximum Gasteiger partial charge on any atom is 0.193 e. The van der Waals surface area contributed by atoms with Crippen molar-refractivity contribution in [1.82, 2.24) is 10.2 Å². The molecule has 2 aliphatic carbocycles. The van der Waals surface area contributed by atoms with E-state index in [4.69, 9.17) is 14.5 Å². The van der Waals surface area contributed by atoms with Gasteiger partial charge in [-0.3, -0.25) is 4.99 Å². The van der Waals surface area contributed by atoms with E-state index in [-0.39, 0.29) is 0 Å². The lowest BCUT2D eigenvalue weighted by Gasteiger charge is -2.34. The Hall–Kier alpha value is -0.810. The van der Waals surface area contributed by atoms with E-state index in [1.165, 1.54) is 38.5 Å². The Balaban J connectivity index is 1.23. The van der Waals surface area contributed by atoms with E-state index < -0.39 is 0 Å². The maximum atomic E-state index is 6.12. The molecule has 1 N–H and O–H groups in total. The van der Waals surface area contributed by atoms with E-state index in [9.17, 15) is 0 Å². The second kappa shape index (κ2) is 8.92. The number of likely N-dealkylation sites (tertiary alicyclic amines) is 1. The number of aliphatic imine (C=N–C) groups is 1. The summed E-state index contributed by atoms with van der Waals surface area (Å²) in [6.07, 6.45) is 11.1. The van der Waals surface area contributed by atoms with Gasteiger partial charge in [0.15, 0.2) is 5.96 Å². The first-order valence-electron chi connectivity index (χ1n) is 11.1. The molecule has 4 rings (SSSR count). The summed E-state index contributed by atoms with van der Waals surface area (Å²) in [7, 11) is 0. The third-order valence-corrected chi connectivity index (χ3v) is 6.53. The minimum absolute atomic E-state index is 0.341. The van der Waals surface area contributed by atoms with Crippen LogP contribution >= 0.6 is 0 Å². The Labute approximate surface area is 158 Å². The van der Waals surface area contributed by atoms with E-state index in [1.54, 1.807) is 0 Å². The van der Waals surface area contributed by atoms with Crippen LogP contribution in [-0.4, -0.2) is 62.5 Å². The molecule has 4 fully saturated rings. The van der Waals surface area contributed by atoms with E-state index in [0.717, 1.165) is 75.9 Å². The Morgan fingerprint density at radius 2 is 1.85 bits per heavy atom. The Bertz CT molecular complexity index is 450. The zero-order chi connectivity index (χ0) is 17.8. The summed E-state index contributed by atoms with van der Waals surface area (Å²) in [4.78, 5) is 7.52. The van der Waals surface area contributed by atoms with Gasteiger partial charge in [-0.05, 0) is 76.0 Å². The molecule has 1 atom stereocenters. The molecule has 5 heteroatoms. The van der Waals surface area contributed by atoms with E-state index in [2.05, 4.69) is 17.1 Å².